The highest BCUT2D eigenvalue weighted by atomic mass is 32.1. The Balaban J connectivity index is 2.41. The minimum absolute atomic E-state index is 0.588. The largest absolute Gasteiger partial charge is 0.493 e. The molecule has 2 heterocycles. The second kappa shape index (κ2) is 4.63. The Hall–Kier alpha value is -1.40. The maximum atomic E-state index is 10.2. The van der Waals surface area contributed by atoms with Crippen LogP contribution in [0.5, 0.6) is 5.75 Å². The molecule has 5 nitrogen and oxygen atoms in total. The van der Waals surface area contributed by atoms with Gasteiger partial charge in [-0.2, -0.15) is 5.10 Å². The summed E-state index contributed by atoms with van der Waals surface area (Å²) in [5.74, 6) is 0.588. The quantitative estimate of drug-likeness (QED) is 0.877. The van der Waals surface area contributed by atoms with E-state index in [0.29, 0.717) is 23.0 Å². The highest BCUT2D eigenvalue weighted by Crippen LogP contribution is 2.30. The van der Waals surface area contributed by atoms with Crippen molar-refractivity contribution in [1.29, 1.82) is 0 Å². The zero-order chi connectivity index (χ0) is 11.5. The predicted molar refractivity (Wildman–Crippen MR) is 60.6 cm³/mol. The Morgan fingerprint density at radius 3 is 3.00 bits per heavy atom. The lowest BCUT2D eigenvalue weighted by molar-refractivity contribution is 0.202. The summed E-state index contributed by atoms with van der Waals surface area (Å²) in [6.45, 7) is 2.64. The van der Waals surface area contributed by atoms with E-state index in [4.69, 9.17) is 4.74 Å². The second-order valence-corrected chi connectivity index (χ2v) is 4.11. The Labute approximate surface area is 97.3 Å². The smallest absolute Gasteiger partial charge is 0.163 e. The molecule has 1 unspecified atom stereocenters. The standard InChI is InChI=1S/C10H13N3O2S/c1-3-13-8(7(15-2)6-12-13)9(14)10-11-4-5-16-10/h4-6,9,14H,3H2,1-2H3. The fraction of sp³-hybridized carbons (Fsp3) is 0.400. The Morgan fingerprint density at radius 2 is 2.44 bits per heavy atom. The number of thiazole rings is 1. The maximum absolute atomic E-state index is 10.2. The first kappa shape index (κ1) is 11.1. The van der Waals surface area contributed by atoms with Gasteiger partial charge in [-0.15, -0.1) is 11.3 Å². The van der Waals surface area contributed by atoms with Crippen LogP contribution in [0.3, 0.4) is 0 Å². The number of aliphatic hydroxyl groups is 1. The molecule has 0 aliphatic carbocycles. The predicted octanol–water partition coefficient (Wildman–Crippen LogP) is 1.45. The van der Waals surface area contributed by atoms with E-state index in [2.05, 4.69) is 10.1 Å². The van der Waals surface area contributed by atoms with Crippen molar-refractivity contribution in [3.63, 3.8) is 0 Å². The molecule has 0 bridgehead atoms. The van der Waals surface area contributed by atoms with Crippen molar-refractivity contribution >= 4 is 11.3 Å². The molecule has 0 fully saturated rings. The molecule has 0 amide bonds. The third-order valence-corrected chi connectivity index (χ3v) is 3.14. The number of rotatable bonds is 4. The third-order valence-electron chi connectivity index (χ3n) is 2.31. The van der Waals surface area contributed by atoms with Crippen molar-refractivity contribution in [3.05, 3.63) is 28.5 Å². The first-order valence-corrected chi connectivity index (χ1v) is 5.83. The summed E-state index contributed by atoms with van der Waals surface area (Å²) < 4.78 is 6.89. The molecule has 16 heavy (non-hydrogen) atoms. The number of ether oxygens (including phenoxy) is 1. The van der Waals surface area contributed by atoms with Crippen LogP contribution < -0.4 is 4.74 Å². The molecule has 0 aliphatic rings. The van der Waals surface area contributed by atoms with Gasteiger partial charge >= 0.3 is 0 Å². The normalized spacial score (nSPS) is 12.7. The molecule has 1 N–H and O–H groups in total. The van der Waals surface area contributed by atoms with Crippen molar-refractivity contribution in [2.75, 3.05) is 7.11 Å². The molecule has 0 spiro atoms. The van der Waals surface area contributed by atoms with Crippen LogP contribution in [0.15, 0.2) is 17.8 Å². The molecule has 0 saturated heterocycles. The van der Waals surface area contributed by atoms with E-state index in [9.17, 15) is 5.11 Å². The van der Waals surface area contributed by atoms with Gasteiger partial charge in [-0.25, -0.2) is 4.98 Å². The van der Waals surface area contributed by atoms with Gasteiger partial charge in [0.05, 0.1) is 13.3 Å². The van der Waals surface area contributed by atoms with Gasteiger partial charge < -0.3 is 9.84 Å². The van der Waals surface area contributed by atoms with Crippen molar-refractivity contribution in [2.45, 2.75) is 19.6 Å². The number of hydrogen-bond acceptors (Lipinski definition) is 5. The summed E-state index contributed by atoms with van der Waals surface area (Å²) in [4.78, 5) is 4.09. The molecule has 6 heteroatoms. The number of methoxy groups -OCH3 is 1. The second-order valence-electron chi connectivity index (χ2n) is 3.19. The topological polar surface area (TPSA) is 60.2 Å². The SMILES string of the molecule is CCn1ncc(OC)c1C(O)c1nccs1. The van der Waals surface area contributed by atoms with Gasteiger partial charge in [-0.3, -0.25) is 4.68 Å². The summed E-state index contributed by atoms with van der Waals surface area (Å²) >= 11 is 1.41. The highest BCUT2D eigenvalue weighted by molar-refractivity contribution is 7.09. The highest BCUT2D eigenvalue weighted by Gasteiger charge is 2.22. The van der Waals surface area contributed by atoms with Crippen LogP contribution in [-0.2, 0) is 6.54 Å². The van der Waals surface area contributed by atoms with Crippen molar-refractivity contribution < 1.29 is 9.84 Å². The lowest BCUT2D eigenvalue weighted by Crippen LogP contribution is -2.10. The van der Waals surface area contributed by atoms with Gasteiger partial charge in [0.15, 0.2) is 11.9 Å². The van der Waals surface area contributed by atoms with Crippen LogP contribution in [0.2, 0.25) is 0 Å². The third kappa shape index (κ3) is 1.81. The summed E-state index contributed by atoms with van der Waals surface area (Å²) in [6, 6.07) is 0. The van der Waals surface area contributed by atoms with E-state index in [0.717, 1.165) is 0 Å². The molecular formula is C10H13N3O2S. The molecule has 0 saturated carbocycles. The van der Waals surface area contributed by atoms with E-state index in [1.54, 1.807) is 24.2 Å². The lowest BCUT2D eigenvalue weighted by atomic mass is 10.2. The number of aliphatic hydroxyl groups excluding tert-OH is 1. The zero-order valence-corrected chi connectivity index (χ0v) is 9.94. The number of hydrogen-bond donors (Lipinski definition) is 1. The monoisotopic (exact) mass is 239 g/mol. The first-order chi connectivity index (χ1) is 7.77. The van der Waals surface area contributed by atoms with Gasteiger partial charge in [-0.05, 0) is 6.92 Å². The molecule has 0 radical (unpaired) electrons. The first-order valence-electron chi connectivity index (χ1n) is 4.95. The van der Waals surface area contributed by atoms with E-state index in [-0.39, 0.29) is 0 Å². The number of aryl methyl sites for hydroxylation is 1. The average molecular weight is 239 g/mol. The maximum Gasteiger partial charge on any atom is 0.163 e. The molecule has 2 aromatic heterocycles. The number of nitrogens with zero attached hydrogens (tertiary/aromatic N) is 3. The van der Waals surface area contributed by atoms with E-state index in [1.807, 2.05) is 12.3 Å². The molecule has 2 rings (SSSR count). The molecule has 0 aromatic carbocycles. The van der Waals surface area contributed by atoms with Gasteiger partial charge in [0.1, 0.15) is 10.7 Å². The van der Waals surface area contributed by atoms with Crippen LogP contribution >= 0.6 is 11.3 Å². The van der Waals surface area contributed by atoms with Crippen molar-refractivity contribution in [1.82, 2.24) is 14.8 Å². The van der Waals surface area contributed by atoms with Crippen LogP contribution in [0.25, 0.3) is 0 Å². The lowest BCUT2D eigenvalue weighted by Gasteiger charge is -2.11. The van der Waals surface area contributed by atoms with Crippen LogP contribution in [-0.4, -0.2) is 27.0 Å². The summed E-state index contributed by atoms with van der Waals surface area (Å²) in [5.41, 5.74) is 0.653. The van der Waals surface area contributed by atoms with Crippen molar-refractivity contribution in [3.8, 4) is 5.75 Å². The van der Waals surface area contributed by atoms with E-state index >= 15 is 0 Å². The zero-order valence-electron chi connectivity index (χ0n) is 9.12. The van der Waals surface area contributed by atoms with E-state index < -0.39 is 6.10 Å². The van der Waals surface area contributed by atoms with Gasteiger partial charge in [0, 0.05) is 18.1 Å². The average Bonchev–Trinajstić information content (AvgIpc) is 2.96. The summed E-state index contributed by atoms with van der Waals surface area (Å²) in [6.07, 6.45) is 2.50. The Bertz CT molecular complexity index is 431. The number of aromatic nitrogens is 3. The molecule has 86 valence electrons. The van der Waals surface area contributed by atoms with Crippen LogP contribution in [0, 0.1) is 0 Å². The fourth-order valence-electron chi connectivity index (χ4n) is 1.55. The van der Waals surface area contributed by atoms with Crippen molar-refractivity contribution in [2.24, 2.45) is 0 Å². The van der Waals surface area contributed by atoms with Gasteiger partial charge in [0.2, 0.25) is 0 Å². The fourth-order valence-corrected chi connectivity index (χ4v) is 2.17. The molecule has 2 aromatic rings. The summed E-state index contributed by atoms with van der Waals surface area (Å²) in [5, 5.41) is 16.8. The van der Waals surface area contributed by atoms with Gasteiger partial charge in [0.25, 0.3) is 0 Å². The Morgan fingerprint density at radius 1 is 1.62 bits per heavy atom. The minimum Gasteiger partial charge on any atom is -0.493 e. The van der Waals surface area contributed by atoms with Crippen LogP contribution in [0.4, 0.5) is 0 Å². The molecular weight excluding hydrogens is 226 g/mol. The van der Waals surface area contributed by atoms with Crippen LogP contribution in [0.1, 0.15) is 23.7 Å². The Kier molecular flexibility index (Phi) is 3.21. The van der Waals surface area contributed by atoms with E-state index in [1.165, 1.54) is 11.3 Å². The van der Waals surface area contributed by atoms with Gasteiger partial charge in [-0.1, -0.05) is 0 Å². The minimum atomic E-state index is -0.780. The summed E-state index contributed by atoms with van der Waals surface area (Å²) in [7, 11) is 1.56. The molecule has 0 aliphatic heterocycles. The molecule has 1 atom stereocenters.